The highest BCUT2D eigenvalue weighted by molar-refractivity contribution is 5.85. The van der Waals surface area contributed by atoms with Crippen LogP contribution in [0.5, 0.6) is 0 Å². The fraction of sp³-hybridized carbons (Fsp3) is 0.462. The van der Waals surface area contributed by atoms with E-state index in [-0.39, 0.29) is 0 Å². The molecule has 0 bridgehead atoms. The molecule has 0 atom stereocenters. The number of fused-ring (bicyclic) bond motifs is 1. The van der Waals surface area contributed by atoms with Gasteiger partial charge in [0.1, 0.15) is 5.84 Å². The second-order valence-corrected chi connectivity index (χ2v) is 4.76. The van der Waals surface area contributed by atoms with Gasteiger partial charge >= 0.3 is 0 Å². The summed E-state index contributed by atoms with van der Waals surface area (Å²) in [7, 11) is 0. The predicted molar refractivity (Wildman–Crippen MR) is 65.1 cm³/mol. The number of amidine groups is 1. The molecule has 3 N–H and O–H groups in total. The number of aliphatic imine (C=N–C) groups is 1. The summed E-state index contributed by atoms with van der Waals surface area (Å²) in [4.78, 5) is 4.65. The summed E-state index contributed by atoms with van der Waals surface area (Å²) in [6.07, 6.45) is 4.60. The molecule has 3 heteroatoms. The van der Waals surface area contributed by atoms with Crippen molar-refractivity contribution in [3.05, 3.63) is 35.4 Å². The lowest BCUT2D eigenvalue weighted by molar-refractivity contribution is 0.703. The van der Waals surface area contributed by atoms with Crippen LogP contribution in [0.25, 0.3) is 0 Å². The zero-order valence-corrected chi connectivity index (χ0v) is 9.32. The normalized spacial score (nSPS) is 20.9. The Hall–Kier alpha value is -1.35. The van der Waals surface area contributed by atoms with Gasteiger partial charge in [-0.3, -0.25) is 4.99 Å². The van der Waals surface area contributed by atoms with Gasteiger partial charge in [-0.1, -0.05) is 24.3 Å². The summed E-state index contributed by atoms with van der Waals surface area (Å²) < 4.78 is 0. The Bertz CT molecular complexity index is 396. The molecule has 0 amide bonds. The molecule has 0 radical (unpaired) electrons. The van der Waals surface area contributed by atoms with E-state index in [4.69, 9.17) is 5.84 Å². The molecule has 3 rings (SSSR count). The lowest BCUT2D eigenvalue weighted by Gasteiger charge is -2.12. The zero-order chi connectivity index (χ0) is 11.0. The summed E-state index contributed by atoms with van der Waals surface area (Å²) in [6, 6.07) is 9.17. The smallest absolute Gasteiger partial charge is 0.114 e. The Kier molecular flexibility index (Phi) is 2.40. The lowest BCUT2D eigenvalue weighted by Crippen LogP contribution is -2.37. The molecule has 2 aliphatic carbocycles. The number of hydrogen-bond donors (Lipinski definition) is 2. The van der Waals surface area contributed by atoms with E-state index in [1.54, 1.807) is 0 Å². The minimum Gasteiger partial charge on any atom is -0.312 e. The largest absolute Gasteiger partial charge is 0.312 e. The summed E-state index contributed by atoms with van der Waals surface area (Å²) >= 11 is 0. The molecule has 2 aliphatic rings. The van der Waals surface area contributed by atoms with Gasteiger partial charge in [0.15, 0.2) is 0 Å². The van der Waals surface area contributed by atoms with Crippen molar-refractivity contribution in [2.24, 2.45) is 16.8 Å². The summed E-state index contributed by atoms with van der Waals surface area (Å²) in [5.41, 5.74) is 5.70. The number of rotatable bonds is 2. The fourth-order valence-electron chi connectivity index (χ4n) is 2.41. The van der Waals surface area contributed by atoms with Crippen LogP contribution in [0.4, 0.5) is 0 Å². The van der Waals surface area contributed by atoms with E-state index >= 15 is 0 Å². The molecule has 0 unspecified atom stereocenters. The number of benzene rings is 1. The molecule has 0 aromatic heterocycles. The van der Waals surface area contributed by atoms with E-state index in [1.165, 1.54) is 24.0 Å². The van der Waals surface area contributed by atoms with E-state index < -0.39 is 0 Å². The standard InChI is InChI=1S/C13H17N3/c14-16-13(15-12-5-6-12)11-7-9-3-1-2-4-10(9)8-11/h1-4,11-12H,5-8,14H2,(H,15,16). The van der Waals surface area contributed by atoms with Gasteiger partial charge in [-0.25, -0.2) is 5.84 Å². The number of nitrogens with one attached hydrogen (secondary N) is 1. The van der Waals surface area contributed by atoms with Gasteiger partial charge in [-0.2, -0.15) is 0 Å². The third kappa shape index (κ3) is 1.83. The van der Waals surface area contributed by atoms with E-state index in [0.717, 1.165) is 18.7 Å². The van der Waals surface area contributed by atoms with Crippen molar-refractivity contribution in [1.29, 1.82) is 0 Å². The highest BCUT2D eigenvalue weighted by Gasteiger charge is 2.28. The maximum atomic E-state index is 5.58. The lowest BCUT2D eigenvalue weighted by atomic mass is 10.1. The first-order valence-corrected chi connectivity index (χ1v) is 5.98. The van der Waals surface area contributed by atoms with Gasteiger partial charge in [-0.15, -0.1) is 0 Å². The predicted octanol–water partition coefficient (Wildman–Crippen LogP) is 1.43. The van der Waals surface area contributed by atoms with E-state index in [0.29, 0.717) is 12.0 Å². The van der Waals surface area contributed by atoms with Gasteiger partial charge in [0.05, 0.1) is 6.04 Å². The molecule has 1 aromatic carbocycles. The van der Waals surface area contributed by atoms with Crippen LogP contribution in [-0.4, -0.2) is 11.9 Å². The topological polar surface area (TPSA) is 50.4 Å². The van der Waals surface area contributed by atoms with Crippen molar-refractivity contribution in [2.75, 3.05) is 0 Å². The van der Waals surface area contributed by atoms with Crippen LogP contribution >= 0.6 is 0 Å². The molecule has 0 heterocycles. The van der Waals surface area contributed by atoms with Crippen LogP contribution in [0.1, 0.15) is 24.0 Å². The van der Waals surface area contributed by atoms with Crippen LogP contribution < -0.4 is 11.3 Å². The van der Waals surface area contributed by atoms with E-state index in [1.807, 2.05) is 0 Å². The minimum atomic E-state index is 0.461. The van der Waals surface area contributed by atoms with Crippen LogP contribution in [0.3, 0.4) is 0 Å². The number of hydrazine groups is 1. The molecule has 84 valence electrons. The molecule has 1 fully saturated rings. The van der Waals surface area contributed by atoms with Crippen LogP contribution in [0.15, 0.2) is 29.3 Å². The number of nitrogens with two attached hydrogens (primary N) is 1. The first kappa shape index (κ1) is 9.85. The molecule has 0 spiro atoms. The second kappa shape index (κ2) is 3.91. The summed E-state index contributed by atoms with van der Waals surface area (Å²) in [5.74, 6) is 7.04. The van der Waals surface area contributed by atoms with Crippen molar-refractivity contribution < 1.29 is 0 Å². The van der Waals surface area contributed by atoms with Gasteiger partial charge in [-0.05, 0) is 36.8 Å². The van der Waals surface area contributed by atoms with Crippen LogP contribution in [0, 0.1) is 5.92 Å². The Labute approximate surface area is 95.7 Å². The number of nitrogens with zero attached hydrogens (tertiary/aromatic N) is 1. The number of hydrogen-bond acceptors (Lipinski definition) is 2. The van der Waals surface area contributed by atoms with Gasteiger partial charge < -0.3 is 5.43 Å². The molecule has 3 nitrogen and oxygen atoms in total. The highest BCUT2D eigenvalue weighted by Crippen LogP contribution is 2.29. The molecule has 16 heavy (non-hydrogen) atoms. The van der Waals surface area contributed by atoms with E-state index in [9.17, 15) is 0 Å². The Balaban J connectivity index is 1.79. The molecule has 1 saturated carbocycles. The van der Waals surface area contributed by atoms with Crippen LogP contribution in [-0.2, 0) is 12.8 Å². The van der Waals surface area contributed by atoms with Crippen molar-refractivity contribution in [3.63, 3.8) is 0 Å². The zero-order valence-electron chi connectivity index (χ0n) is 9.32. The van der Waals surface area contributed by atoms with Crippen LogP contribution in [0.2, 0.25) is 0 Å². The van der Waals surface area contributed by atoms with Gasteiger partial charge in [0, 0.05) is 5.92 Å². The Morgan fingerprint density at radius 3 is 2.31 bits per heavy atom. The first-order chi connectivity index (χ1) is 7.86. The average molecular weight is 215 g/mol. The minimum absolute atomic E-state index is 0.461. The summed E-state index contributed by atoms with van der Waals surface area (Å²) in [6.45, 7) is 0. The first-order valence-electron chi connectivity index (χ1n) is 5.98. The van der Waals surface area contributed by atoms with E-state index in [2.05, 4.69) is 34.7 Å². The second-order valence-electron chi connectivity index (χ2n) is 4.76. The maximum absolute atomic E-state index is 5.58. The third-order valence-corrected chi connectivity index (χ3v) is 3.45. The summed E-state index contributed by atoms with van der Waals surface area (Å²) in [5, 5.41) is 0. The quantitative estimate of drug-likeness (QED) is 0.339. The molecule has 0 saturated heterocycles. The van der Waals surface area contributed by atoms with Gasteiger partial charge in [0.25, 0.3) is 0 Å². The molecular formula is C13H17N3. The third-order valence-electron chi connectivity index (χ3n) is 3.45. The fourth-order valence-corrected chi connectivity index (χ4v) is 2.41. The van der Waals surface area contributed by atoms with Crippen molar-refractivity contribution in [3.8, 4) is 0 Å². The SMILES string of the molecule is NNC(=NC1CC1)C1Cc2ccccc2C1. The van der Waals surface area contributed by atoms with Crippen molar-refractivity contribution in [1.82, 2.24) is 5.43 Å². The van der Waals surface area contributed by atoms with Crippen molar-refractivity contribution in [2.45, 2.75) is 31.7 Å². The van der Waals surface area contributed by atoms with Crippen molar-refractivity contribution >= 4 is 5.84 Å². The Morgan fingerprint density at radius 2 is 1.81 bits per heavy atom. The van der Waals surface area contributed by atoms with Gasteiger partial charge in [0.2, 0.25) is 0 Å². The molecule has 1 aromatic rings. The Morgan fingerprint density at radius 1 is 1.19 bits per heavy atom. The maximum Gasteiger partial charge on any atom is 0.114 e. The highest BCUT2D eigenvalue weighted by atomic mass is 15.3. The average Bonchev–Trinajstić information content (AvgIpc) is 3.02. The monoisotopic (exact) mass is 215 g/mol. The molecule has 0 aliphatic heterocycles. The molecular weight excluding hydrogens is 198 g/mol.